The monoisotopic (exact) mass is 269 g/mol. The molecule has 2 unspecified atom stereocenters. The van der Waals surface area contributed by atoms with Crippen LogP contribution in [0.4, 0.5) is 8.78 Å². The van der Waals surface area contributed by atoms with Crippen LogP contribution in [0.25, 0.3) is 0 Å². The van der Waals surface area contributed by atoms with Gasteiger partial charge in [0.25, 0.3) is 0 Å². The van der Waals surface area contributed by atoms with Crippen molar-refractivity contribution in [2.24, 2.45) is 5.73 Å². The van der Waals surface area contributed by atoms with Crippen molar-refractivity contribution in [1.82, 2.24) is 9.80 Å². The van der Waals surface area contributed by atoms with Gasteiger partial charge in [0.1, 0.15) is 0 Å². The minimum Gasteiger partial charge on any atom is -0.324 e. The van der Waals surface area contributed by atoms with Gasteiger partial charge in [-0.15, -0.1) is 0 Å². The number of nitrogens with two attached hydrogens (primary N) is 1. The van der Waals surface area contributed by atoms with Crippen LogP contribution in [0.1, 0.15) is 18.0 Å². The van der Waals surface area contributed by atoms with E-state index in [2.05, 4.69) is 23.9 Å². The largest absolute Gasteiger partial charge is 0.324 e. The molecule has 0 amide bonds. The molecule has 1 saturated heterocycles. The van der Waals surface area contributed by atoms with Gasteiger partial charge < -0.3 is 15.5 Å². The molecule has 0 spiro atoms. The maximum Gasteiger partial charge on any atom is 0.159 e. The molecule has 1 fully saturated rings. The van der Waals surface area contributed by atoms with Crippen LogP contribution >= 0.6 is 0 Å². The summed E-state index contributed by atoms with van der Waals surface area (Å²) in [5.74, 6) is -1.66. The van der Waals surface area contributed by atoms with Gasteiger partial charge in [-0.3, -0.25) is 0 Å². The number of halogens is 2. The van der Waals surface area contributed by atoms with E-state index in [0.717, 1.165) is 32.1 Å². The zero-order valence-corrected chi connectivity index (χ0v) is 11.4. The van der Waals surface area contributed by atoms with Gasteiger partial charge in [0.05, 0.1) is 0 Å². The van der Waals surface area contributed by atoms with Crippen LogP contribution in [0.3, 0.4) is 0 Å². The lowest BCUT2D eigenvalue weighted by Gasteiger charge is -2.38. The fourth-order valence-corrected chi connectivity index (χ4v) is 2.53. The van der Waals surface area contributed by atoms with E-state index < -0.39 is 11.6 Å². The number of likely N-dealkylation sites (N-methyl/N-ethyl adjacent to an activating group) is 2. The minimum absolute atomic E-state index is 0.269. The van der Waals surface area contributed by atoms with Gasteiger partial charge in [-0.05, 0) is 38.2 Å². The Bertz CT molecular complexity index is 439. The van der Waals surface area contributed by atoms with Crippen molar-refractivity contribution in [3.05, 3.63) is 35.4 Å². The number of hydrogen-bond acceptors (Lipinski definition) is 3. The first-order chi connectivity index (χ1) is 8.97. The molecule has 5 heteroatoms. The molecule has 1 aromatic rings. The summed E-state index contributed by atoms with van der Waals surface area (Å²) in [4.78, 5) is 4.54. The lowest BCUT2D eigenvalue weighted by atomic mass is 9.98. The van der Waals surface area contributed by atoms with Crippen LogP contribution in [0, 0.1) is 11.6 Å². The third kappa shape index (κ3) is 3.49. The second-order valence-electron chi connectivity index (χ2n) is 5.41. The van der Waals surface area contributed by atoms with Crippen molar-refractivity contribution in [3.8, 4) is 0 Å². The van der Waals surface area contributed by atoms with Crippen LogP contribution in [-0.2, 0) is 0 Å². The maximum absolute atomic E-state index is 13.2. The number of piperazine rings is 1. The molecule has 2 N–H and O–H groups in total. The molecule has 19 heavy (non-hydrogen) atoms. The molecular weight excluding hydrogens is 248 g/mol. The highest BCUT2D eigenvalue weighted by atomic mass is 19.2. The molecule has 1 aliphatic rings. The molecular formula is C14H21F2N3. The van der Waals surface area contributed by atoms with Crippen LogP contribution in [0.15, 0.2) is 18.2 Å². The zero-order valence-electron chi connectivity index (χ0n) is 11.4. The summed E-state index contributed by atoms with van der Waals surface area (Å²) in [5, 5.41) is 0. The Labute approximate surface area is 113 Å². The topological polar surface area (TPSA) is 32.5 Å². The van der Waals surface area contributed by atoms with Gasteiger partial charge in [0, 0.05) is 31.7 Å². The molecule has 106 valence electrons. The van der Waals surface area contributed by atoms with Crippen LogP contribution in [0.2, 0.25) is 0 Å². The predicted molar refractivity (Wildman–Crippen MR) is 71.8 cm³/mol. The summed E-state index contributed by atoms with van der Waals surface area (Å²) in [6.45, 7) is 3.01. The molecule has 0 radical (unpaired) electrons. The van der Waals surface area contributed by atoms with Gasteiger partial charge in [-0.2, -0.15) is 0 Å². The van der Waals surface area contributed by atoms with Gasteiger partial charge in [-0.1, -0.05) is 6.07 Å². The smallest absolute Gasteiger partial charge is 0.159 e. The Morgan fingerprint density at radius 2 is 2.00 bits per heavy atom. The summed E-state index contributed by atoms with van der Waals surface area (Å²) in [5.41, 5.74) is 6.77. The normalized spacial score (nSPS) is 23.5. The molecule has 0 saturated carbocycles. The molecule has 2 rings (SSSR count). The highest BCUT2D eigenvalue weighted by Crippen LogP contribution is 2.21. The Morgan fingerprint density at radius 3 is 2.68 bits per heavy atom. The Kier molecular flexibility index (Phi) is 4.50. The molecule has 1 aromatic carbocycles. The van der Waals surface area contributed by atoms with Gasteiger partial charge >= 0.3 is 0 Å². The van der Waals surface area contributed by atoms with E-state index in [1.807, 2.05) is 0 Å². The van der Waals surface area contributed by atoms with Crippen molar-refractivity contribution < 1.29 is 8.78 Å². The Morgan fingerprint density at radius 1 is 1.26 bits per heavy atom. The molecule has 3 nitrogen and oxygen atoms in total. The lowest BCUT2D eigenvalue weighted by Crippen LogP contribution is -2.50. The average molecular weight is 269 g/mol. The van der Waals surface area contributed by atoms with Crippen molar-refractivity contribution in [2.45, 2.75) is 18.5 Å². The quantitative estimate of drug-likeness (QED) is 0.904. The molecule has 0 bridgehead atoms. The molecule has 1 heterocycles. The Hall–Kier alpha value is -1.04. The second-order valence-corrected chi connectivity index (χ2v) is 5.41. The van der Waals surface area contributed by atoms with Crippen LogP contribution in [0.5, 0.6) is 0 Å². The third-order valence-electron chi connectivity index (χ3n) is 3.88. The number of hydrogen-bond donors (Lipinski definition) is 1. The van der Waals surface area contributed by atoms with E-state index in [9.17, 15) is 8.78 Å². The van der Waals surface area contributed by atoms with Crippen molar-refractivity contribution in [2.75, 3.05) is 33.7 Å². The fourth-order valence-electron chi connectivity index (χ4n) is 2.53. The zero-order chi connectivity index (χ0) is 14.0. The first-order valence-electron chi connectivity index (χ1n) is 6.56. The number of nitrogens with zero attached hydrogens (tertiary/aromatic N) is 2. The van der Waals surface area contributed by atoms with Crippen molar-refractivity contribution in [3.63, 3.8) is 0 Å². The first kappa shape index (κ1) is 14.4. The van der Waals surface area contributed by atoms with Crippen molar-refractivity contribution >= 4 is 0 Å². The van der Waals surface area contributed by atoms with E-state index >= 15 is 0 Å². The summed E-state index contributed by atoms with van der Waals surface area (Å²) < 4.78 is 26.1. The van der Waals surface area contributed by atoms with E-state index in [-0.39, 0.29) is 6.04 Å². The van der Waals surface area contributed by atoms with Gasteiger partial charge in [0.2, 0.25) is 0 Å². The fraction of sp³-hybridized carbons (Fsp3) is 0.571. The highest BCUT2D eigenvalue weighted by molar-refractivity contribution is 5.21. The highest BCUT2D eigenvalue weighted by Gasteiger charge is 2.24. The molecule has 1 aliphatic heterocycles. The summed E-state index contributed by atoms with van der Waals surface area (Å²) in [6.07, 6.45) is 0.742. The van der Waals surface area contributed by atoms with Gasteiger partial charge in [0.15, 0.2) is 11.6 Å². The average Bonchev–Trinajstić information content (AvgIpc) is 2.37. The predicted octanol–water partition coefficient (Wildman–Crippen LogP) is 1.60. The maximum atomic E-state index is 13.2. The molecule has 0 aliphatic carbocycles. The van der Waals surface area contributed by atoms with E-state index in [1.54, 1.807) is 6.07 Å². The van der Waals surface area contributed by atoms with E-state index in [1.165, 1.54) is 6.07 Å². The summed E-state index contributed by atoms with van der Waals surface area (Å²) in [6, 6.07) is 3.99. The van der Waals surface area contributed by atoms with E-state index in [4.69, 9.17) is 5.73 Å². The third-order valence-corrected chi connectivity index (χ3v) is 3.88. The van der Waals surface area contributed by atoms with Gasteiger partial charge in [-0.25, -0.2) is 8.78 Å². The molecule has 0 aromatic heterocycles. The molecule has 2 atom stereocenters. The van der Waals surface area contributed by atoms with Crippen LogP contribution < -0.4 is 5.73 Å². The number of benzene rings is 1. The second kappa shape index (κ2) is 5.94. The number of rotatable bonds is 3. The SMILES string of the molecule is CN1CCN(C)C(CC(N)c2ccc(F)c(F)c2)C1. The Balaban J connectivity index is 2.03. The van der Waals surface area contributed by atoms with Crippen molar-refractivity contribution in [1.29, 1.82) is 0 Å². The van der Waals surface area contributed by atoms with Crippen LogP contribution in [-0.4, -0.2) is 49.6 Å². The minimum atomic E-state index is -0.831. The summed E-state index contributed by atoms with van der Waals surface area (Å²) in [7, 11) is 4.17. The first-order valence-corrected chi connectivity index (χ1v) is 6.56. The van der Waals surface area contributed by atoms with E-state index in [0.29, 0.717) is 11.6 Å². The standard InChI is InChI=1S/C14H21F2N3/c1-18-5-6-19(2)11(9-18)8-14(17)10-3-4-12(15)13(16)7-10/h3-4,7,11,14H,5-6,8-9,17H2,1-2H3. The summed E-state index contributed by atoms with van der Waals surface area (Å²) >= 11 is 0. The lowest BCUT2D eigenvalue weighted by molar-refractivity contribution is 0.104.